The van der Waals surface area contributed by atoms with E-state index >= 15 is 0 Å². The Morgan fingerprint density at radius 1 is 1.19 bits per heavy atom. The fourth-order valence-corrected chi connectivity index (χ4v) is 3.37. The third-order valence-electron chi connectivity index (χ3n) is 3.67. The molecule has 0 saturated heterocycles. The Kier molecular flexibility index (Phi) is 5.34. The predicted octanol–water partition coefficient (Wildman–Crippen LogP) is 3.30. The molecule has 2 heterocycles. The Morgan fingerprint density at radius 3 is 2.62 bits per heavy atom. The molecule has 3 aromatic rings. The number of hydrogen-bond donors (Lipinski definition) is 3. The summed E-state index contributed by atoms with van der Waals surface area (Å²) in [4.78, 5) is 29.2. The second kappa shape index (κ2) is 7.67. The Labute approximate surface area is 158 Å². The first-order valence-corrected chi connectivity index (χ1v) is 8.95. The zero-order valence-electron chi connectivity index (χ0n) is 14.1. The summed E-state index contributed by atoms with van der Waals surface area (Å²) in [5.74, 6) is -1.57. The molecule has 0 aliphatic rings. The normalized spacial score (nSPS) is 10.6. The molecule has 2 amide bonds. The van der Waals surface area contributed by atoms with Gasteiger partial charge in [-0.3, -0.25) is 20.0 Å². The van der Waals surface area contributed by atoms with Crippen LogP contribution in [0.15, 0.2) is 30.5 Å². The third kappa shape index (κ3) is 4.09. The van der Waals surface area contributed by atoms with E-state index in [9.17, 15) is 9.59 Å². The van der Waals surface area contributed by atoms with Gasteiger partial charge in [-0.25, -0.2) is 4.98 Å². The quantitative estimate of drug-likeness (QED) is 0.596. The highest BCUT2D eigenvalue weighted by Gasteiger charge is 2.18. The van der Waals surface area contributed by atoms with Gasteiger partial charge in [0.05, 0.1) is 17.1 Å². The van der Waals surface area contributed by atoms with Gasteiger partial charge < -0.3 is 5.32 Å². The number of nitrogens with one attached hydrogen (secondary N) is 3. The molecule has 1 aromatic carbocycles. The van der Waals surface area contributed by atoms with Crippen molar-refractivity contribution in [3.63, 3.8) is 0 Å². The first-order valence-electron chi connectivity index (χ1n) is 7.76. The van der Waals surface area contributed by atoms with Crippen LogP contribution in [0.3, 0.4) is 0 Å². The van der Waals surface area contributed by atoms with Crippen LogP contribution in [-0.4, -0.2) is 27.0 Å². The number of halogens is 1. The molecule has 134 valence electrons. The molecule has 0 unspecified atom stereocenters. The van der Waals surface area contributed by atoms with Gasteiger partial charge in [0.25, 0.3) is 0 Å². The van der Waals surface area contributed by atoms with Gasteiger partial charge in [-0.2, -0.15) is 5.10 Å². The van der Waals surface area contributed by atoms with Crippen LogP contribution in [0.5, 0.6) is 0 Å². The average Bonchev–Trinajstić information content (AvgIpc) is 3.18. The molecule has 3 N–H and O–H groups in total. The lowest BCUT2D eigenvalue weighted by atomic mass is 10.1. The summed E-state index contributed by atoms with van der Waals surface area (Å²) in [5.41, 5.74) is 2.77. The highest BCUT2D eigenvalue weighted by atomic mass is 35.5. The van der Waals surface area contributed by atoms with E-state index in [2.05, 4.69) is 25.8 Å². The summed E-state index contributed by atoms with van der Waals surface area (Å²) in [7, 11) is 0. The van der Waals surface area contributed by atoms with E-state index in [0.29, 0.717) is 33.7 Å². The van der Waals surface area contributed by atoms with Crippen LogP contribution in [0.4, 0.5) is 10.8 Å². The molecular weight excluding hydrogens is 374 g/mol. The Bertz CT molecular complexity index is 946. The van der Waals surface area contributed by atoms with Gasteiger partial charge in [-0.15, -0.1) is 11.3 Å². The van der Waals surface area contributed by atoms with Gasteiger partial charge in [-0.1, -0.05) is 29.8 Å². The number of carbonyl (C=O) groups excluding carboxylic acids is 2. The number of anilines is 2. The van der Waals surface area contributed by atoms with Crippen molar-refractivity contribution in [1.29, 1.82) is 0 Å². The van der Waals surface area contributed by atoms with E-state index in [4.69, 9.17) is 11.6 Å². The predicted molar refractivity (Wildman–Crippen MR) is 102 cm³/mol. The van der Waals surface area contributed by atoms with Crippen molar-refractivity contribution in [3.8, 4) is 0 Å². The number of hydrogen-bond acceptors (Lipinski definition) is 5. The van der Waals surface area contributed by atoms with Crippen LogP contribution in [-0.2, 0) is 16.0 Å². The number of carbonyl (C=O) groups is 2. The van der Waals surface area contributed by atoms with E-state index in [1.807, 2.05) is 24.3 Å². The zero-order valence-corrected chi connectivity index (χ0v) is 15.7. The maximum atomic E-state index is 12.1. The number of thiazole rings is 1. The fraction of sp³-hybridized carbons (Fsp3) is 0.176. The summed E-state index contributed by atoms with van der Waals surface area (Å²) in [5, 5.41) is 12.8. The number of aromatic nitrogens is 3. The highest BCUT2D eigenvalue weighted by molar-refractivity contribution is 7.15. The minimum absolute atomic E-state index is 0.354. The highest BCUT2D eigenvalue weighted by Crippen LogP contribution is 2.24. The summed E-state index contributed by atoms with van der Waals surface area (Å²) in [6.45, 7) is 3.49. The Morgan fingerprint density at radius 2 is 1.92 bits per heavy atom. The zero-order chi connectivity index (χ0) is 18.7. The second-order valence-corrected chi connectivity index (χ2v) is 7.14. The minimum Gasteiger partial charge on any atom is -0.315 e. The van der Waals surface area contributed by atoms with Crippen molar-refractivity contribution in [2.75, 3.05) is 10.6 Å². The first kappa shape index (κ1) is 18.1. The van der Waals surface area contributed by atoms with Crippen molar-refractivity contribution in [2.45, 2.75) is 20.3 Å². The smallest absolute Gasteiger partial charge is 0.315 e. The van der Waals surface area contributed by atoms with Gasteiger partial charge in [0.15, 0.2) is 5.13 Å². The lowest BCUT2D eigenvalue weighted by molar-refractivity contribution is -0.133. The molecule has 0 radical (unpaired) electrons. The summed E-state index contributed by atoms with van der Waals surface area (Å²) >= 11 is 7.45. The van der Waals surface area contributed by atoms with E-state index in [-0.39, 0.29) is 0 Å². The van der Waals surface area contributed by atoms with Crippen LogP contribution in [0.1, 0.15) is 21.8 Å². The average molecular weight is 390 g/mol. The van der Waals surface area contributed by atoms with Crippen LogP contribution < -0.4 is 10.6 Å². The molecule has 0 bridgehead atoms. The van der Waals surface area contributed by atoms with Crippen LogP contribution >= 0.6 is 22.9 Å². The molecule has 9 heteroatoms. The number of aryl methyl sites for hydroxylation is 2. The van der Waals surface area contributed by atoms with Crippen molar-refractivity contribution in [1.82, 2.24) is 15.2 Å². The molecule has 3 rings (SSSR count). The van der Waals surface area contributed by atoms with E-state index in [1.54, 1.807) is 20.0 Å². The minimum atomic E-state index is -0.788. The molecule has 0 aliphatic carbocycles. The number of nitrogens with zero attached hydrogens (tertiary/aromatic N) is 2. The van der Waals surface area contributed by atoms with Crippen LogP contribution in [0.2, 0.25) is 5.02 Å². The maximum absolute atomic E-state index is 12.1. The Hall–Kier alpha value is -2.71. The van der Waals surface area contributed by atoms with Crippen LogP contribution in [0.25, 0.3) is 0 Å². The Balaban J connectivity index is 1.62. The number of amides is 2. The topological polar surface area (TPSA) is 99.8 Å². The largest absolute Gasteiger partial charge is 0.315 e. The standard InChI is InChI=1S/C17H16ClN5O2S/c1-9-14(10(2)23-22-9)20-15(24)16(25)21-17-19-8-12(26-17)7-11-5-3-4-6-13(11)18/h3-6,8H,7H2,1-2H3,(H,20,24)(H,22,23)(H,19,21,25). The van der Waals surface area contributed by atoms with Gasteiger partial charge in [0.1, 0.15) is 0 Å². The lowest BCUT2D eigenvalue weighted by Gasteiger charge is -2.04. The SMILES string of the molecule is Cc1n[nH]c(C)c1NC(=O)C(=O)Nc1ncc(Cc2ccccc2Cl)s1. The van der Waals surface area contributed by atoms with Crippen molar-refractivity contribution in [3.05, 3.63) is 57.3 Å². The lowest BCUT2D eigenvalue weighted by Crippen LogP contribution is -2.29. The van der Waals surface area contributed by atoms with Crippen molar-refractivity contribution in [2.24, 2.45) is 0 Å². The van der Waals surface area contributed by atoms with Crippen molar-refractivity contribution < 1.29 is 9.59 Å². The van der Waals surface area contributed by atoms with Crippen molar-refractivity contribution >= 4 is 45.6 Å². The summed E-state index contributed by atoms with van der Waals surface area (Å²) < 4.78 is 0. The molecular formula is C17H16ClN5O2S. The molecule has 0 aliphatic heterocycles. The molecule has 2 aromatic heterocycles. The van der Waals surface area contributed by atoms with E-state index in [0.717, 1.165) is 10.4 Å². The number of benzene rings is 1. The van der Waals surface area contributed by atoms with Gasteiger partial charge in [0, 0.05) is 22.5 Å². The van der Waals surface area contributed by atoms with E-state index < -0.39 is 11.8 Å². The molecule has 26 heavy (non-hydrogen) atoms. The fourth-order valence-electron chi connectivity index (χ4n) is 2.34. The molecule has 0 atom stereocenters. The van der Waals surface area contributed by atoms with Gasteiger partial charge in [-0.05, 0) is 25.5 Å². The van der Waals surface area contributed by atoms with E-state index in [1.165, 1.54) is 11.3 Å². The van der Waals surface area contributed by atoms with Gasteiger partial charge in [0.2, 0.25) is 0 Å². The molecule has 0 spiro atoms. The summed E-state index contributed by atoms with van der Waals surface area (Å²) in [6.07, 6.45) is 2.26. The number of aromatic amines is 1. The second-order valence-electron chi connectivity index (χ2n) is 5.62. The molecule has 0 fully saturated rings. The first-order chi connectivity index (χ1) is 12.4. The monoisotopic (exact) mass is 389 g/mol. The van der Waals surface area contributed by atoms with Crippen LogP contribution in [0, 0.1) is 13.8 Å². The molecule has 0 saturated carbocycles. The number of rotatable bonds is 4. The summed E-state index contributed by atoms with van der Waals surface area (Å²) in [6, 6.07) is 7.54. The number of H-pyrrole nitrogens is 1. The molecule has 7 nitrogen and oxygen atoms in total. The third-order valence-corrected chi connectivity index (χ3v) is 4.95. The maximum Gasteiger partial charge on any atom is 0.315 e. The van der Waals surface area contributed by atoms with Gasteiger partial charge >= 0.3 is 11.8 Å².